The second-order valence-corrected chi connectivity index (χ2v) is 6.60. The zero-order valence-corrected chi connectivity index (χ0v) is 14.2. The Morgan fingerprint density at radius 1 is 1.16 bits per heavy atom. The zero-order valence-electron chi connectivity index (χ0n) is 14.2. The van der Waals surface area contributed by atoms with Crippen molar-refractivity contribution in [1.29, 1.82) is 0 Å². The number of benzene rings is 1. The maximum absolute atomic E-state index is 12.6. The molecule has 0 aliphatic carbocycles. The molecule has 2 aliphatic heterocycles. The van der Waals surface area contributed by atoms with E-state index >= 15 is 0 Å². The molecular formula is C18H23N5O2. The summed E-state index contributed by atoms with van der Waals surface area (Å²) in [4.78, 5) is 16.9. The van der Waals surface area contributed by atoms with Gasteiger partial charge in [0.2, 0.25) is 5.91 Å². The van der Waals surface area contributed by atoms with Crippen LogP contribution in [0.4, 0.5) is 5.69 Å². The number of amides is 1. The average Bonchev–Trinajstić information content (AvgIpc) is 2.95. The number of nitrogens with zero attached hydrogens (tertiary/aromatic N) is 4. The third-order valence-electron chi connectivity index (χ3n) is 4.97. The molecule has 1 amide bonds. The van der Waals surface area contributed by atoms with Crippen molar-refractivity contribution in [2.75, 3.05) is 45.1 Å². The van der Waals surface area contributed by atoms with Crippen LogP contribution in [0.25, 0.3) is 5.69 Å². The van der Waals surface area contributed by atoms with Crippen LogP contribution < -0.4 is 5.73 Å². The van der Waals surface area contributed by atoms with Crippen LogP contribution in [0.3, 0.4) is 0 Å². The van der Waals surface area contributed by atoms with Crippen molar-refractivity contribution in [3.05, 3.63) is 42.2 Å². The van der Waals surface area contributed by atoms with E-state index in [2.05, 4.69) is 10.00 Å². The van der Waals surface area contributed by atoms with Crippen LogP contribution in [0.2, 0.25) is 0 Å². The highest BCUT2D eigenvalue weighted by molar-refractivity contribution is 5.79. The predicted molar refractivity (Wildman–Crippen MR) is 94.4 cm³/mol. The molecular weight excluding hydrogens is 318 g/mol. The molecule has 7 nitrogen and oxygen atoms in total. The molecule has 2 aromatic rings. The molecule has 7 heteroatoms. The Labute approximate surface area is 147 Å². The van der Waals surface area contributed by atoms with Crippen LogP contribution in [-0.4, -0.2) is 70.9 Å². The summed E-state index contributed by atoms with van der Waals surface area (Å²) in [5, 5.41) is 4.50. The van der Waals surface area contributed by atoms with Gasteiger partial charge in [0, 0.05) is 26.2 Å². The van der Waals surface area contributed by atoms with Gasteiger partial charge < -0.3 is 15.4 Å². The van der Waals surface area contributed by atoms with Crippen molar-refractivity contribution in [3.8, 4) is 5.69 Å². The molecule has 0 radical (unpaired) electrons. The first kappa shape index (κ1) is 16.1. The predicted octanol–water partition coefficient (Wildman–Crippen LogP) is 0.540. The summed E-state index contributed by atoms with van der Waals surface area (Å²) >= 11 is 0. The summed E-state index contributed by atoms with van der Waals surface area (Å²) in [6, 6.07) is 10.3. The fourth-order valence-corrected chi connectivity index (χ4v) is 3.30. The Hall–Kier alpha value is -2.38. The van der Waals surface area contributed by atoms with Gasteiger partial charge in [-0.3, -0.25) is 9.69 Å². The number of hydrogen-bond acceptors (Lipinski definition) is 5. The van der Waals surface area contributed by atoms with E-state index < -0.39 is 0 Å². The van der Waals surface area contributed by atoms with Gasteiger partial charge >= 0.3 is 0 Å². The number of carbonyl (C=O) groups excluding carboxylic acids is 1. The quantitative estimate of drug-likeness (QED) is 0.878. The third-order valence-corrected chi connectivity index (χ3v) is 4.97. The highest BCUT2D eigenvalue weighted by atomic mass is 16.5. The largest absolute Gasteiger partial charge is 0.396 e. The van der Waals surface area contributed by atoms with Gasteiger partial charge in [-0.2, -0.15) is 5.10 Å². The minimum Gasteiger partial charge on any atom is -0.396 e. The first-order chi connectivity index (χ1) is 12.2. The molecule has 2 aliphatic rings. The third kappa shape index (κ3) is 3.38. The summed E-state index contributed by atoms with van der Waals surface area (Å²) in [7, 11) is 0. The lowest BCUT2D eigenvalue weighted by molar-refractivity contribution is -0.134. The molecule has 4 rings (SSSR count). The van der Waals surface area contributed by atoms with Crippen molar-refractivity contribution in [2.45, 2.75) is 12.5 Å². The highest BCUT2D eigenvalue weighted by Crippen LogP contribution is 2.17. The topological polar surface area (TPSA) is 76.6 Å². The van der Waals surface area contributed by atoms with Crippen LogP contribution >= 0.6 is 0 Å². The first-order valence-electron chi connectivity index (χ1n) is 8.70. The average molecular weight is 341 g/mol. The van der Waals surface area contributed by atoms with E-state index in [1.165, 1.54) is 0 Å². The lowest BCUT2D eigenvalue weighted by Gasteiger charge is -2.42. The van der Waals surface area contributed by atoms with E-state index in [1.54, 1.807) is 10.9 Å². The zero-order chi connectivity index (χ0) is 17.2. The standard InChI is InChI=1S/C18H23N5O2/c19-16-11-23(14-4-2-1-3-5-14)20-17(16)10-18(24)22-8-6-21(7-9-22)15-12-25-13-15/h1-5,11,15H,6-10,12-13,19H2. The van der Waals surface area contributed by atoms with E-state index in [-0.39, 0.29) is 12.3 Å². The van der Waals surface area contributed by atoms with Gasteiger partial charge in [0.25, 0.3) is 0 Å². The minimum atomic E-state index is 0.0921. The number of anilines is 1. The van der Waals surface area contributed by atoms with Crippen molar-refractivity contribution < 1.29 is 9.53 Å². The van der Waals surface area contributed by atoms with Gasteiger partial charge in [-0.15, -0.1) is 0 Å². The van der Waals surface area contributed by atoms with Crippen LogP contribution in [-0.2, 0) is 16.0 Å². The molecule has 0 spiro atoms. The number of nitrogen functional groups attached to an aromatic ring is 1. The van der Waals surface area contributed by atoms with E-state index in [9.17, 15) is 4.79 Å². The number of hydrogen-bond donors (Lipinski definition) is 1. The number of para-hydroxylation sites is 1. The van der Waals surface area contributed by atoms with Crippen molar-refractivity contribution in [1.82, 2.24) is 19.6 Å². The fourth-order valence-electron chi connectivity index (χ4n) is 3.30. The molecule has 2 N–H and O–H groups in total. The highest BCUT2D eigenvalue weighted by Gasteiger charge is 2.30. The molecule has 3 heterocycles. The molecule has 0 bridgehead atoms. The Balaban J connectivity index is 1.37. The SMILES string of the molecule is Nc1cn(-c2ccccc2)nc1CC(=O)N1CCN(C2COC2)CC1. The van der Waals surface area contributed by atoms with Crippen LogP contribution in [0, 0.1) is 0 Å². The minimum absolute atomic E-state index is 0.0921. The van der Waals surface area contributed by atoms with Crippen molar-refractivity contribution in [3.63, 3.8) is 0 Å². The smallest absolute Gasteiger partial charge is 0.228 e. The first-order valence-corrected chi connectivity index (χ1v) is 8.70. The summed E-state index contributed by atoms with van der Waals surface area (Å²) in [6.07, 6.45) is 2.02. The van der Waals surface area contributed by atoms with Crippen molar-refractivity contribution >= 4 is 11.6 Å². The number of nitrogens with two attached hydrogens (primary N) is 1. The lowest BCUT2D eigenvalue weighted by Crippen LogP contribution is -2.57. The molecule has 0 unspecified atom stereocenters. The Morgan fingerprint density at radius 2 is 1.88 bits per heavy atom. The van der Waals surface area contributed by atoms with Crippen LogP contribution in [0.15, 0.2) is 36.5 Å². The Morgan fingerprint density at radius 3 is 2.52 bits per heavy atom. The van der Waals surface area contributed by atoms with Gasteiger partial charge in [0.15, 0.2) is 0 Å². The molecule has 25 heavy (non-hydrogen) atoms. The van der Waals surface area contributed by atoms with Gasteiger partial charge in [-0.25, -0.2) is 4.68 Å². The summed E-state index contributed by atoms with van der Waals surface area (Å²) in [6.45, 7) is 4.98. The summed E-state index contributed by atoms with van der Waals surface area (Å²) in [5.74, 6) is 0.0921. The van der Waals surface area contributed by atoms with Crippen LogP contribution in [0.5, 0.6) is 0 Å². The number of carbonyl (C=O) groups is 1. The van der Waals surface area contributed by atoms with Crippen LogP contribution in [0.1, 0.15) is 5.69 Å². The normalized spacial score (nSPS) is 19.0. The van der Waals surface area contributed by atoms with E-state index in [4.69, 9.17) is 10.5 Å². The molecule has 132 valence electrons. The lowest BCUT2D eigenvalue weighted by atomic mass is 10.1. The van der Waals surface area contributed by atoms with Gasteiger partial charge in [0.05, 0.1) is 48.9 Å². The van der Waals surface area contributed by atoms with E-state index in [0.29, 0.717) is 17.4 Å². The molecule has 0 atom stereocenters. The number of ether oxygens (including phenoxy) is 1. The second kappa shape index (κ2) is 6.85. The Bertz CT molecular complexity index is 733. The summed E-state index contributed by atoms with van der Waals surface area (Å²) in [5.41, 5.74) is 8.20. The van der Waals surface area contributed by atoms with Gasteiger partial charge in [0.1, 0.15) is 0 Å². The van der Waals surface area contributed by atoms with Gasteiger partial charge in [-0.1, -0.05) is 18.2 Å². The maximum atomic E-state index is 12.6. The maximum Gasteiger partial charge on any atom is 0.228 e. The molecule has 1 aromatic heterocycles. The summed E-state index contributed by atoms with van der Waals surface area (Å²) < 4.78 is 6.98. The molecule has 2 saturated heterocycles. The number of piperazine rings is 1. The molecule has 0 saturated carbocycles. The fraction of sp³-hybridized carbons (Fsp3) is 0.444. The molecule has 2 fully saturated rings. The van der Waals surface area contributed by atoms with Crippen molar-refractivity contribution in [2.24, 2.45) is 0 Å². The second-order valence-electron chi connectivity index (χ2n) is 6.60. The molecule has 1 aromatic carbocycles. The number of rotatable bonds is 4. The Kier molecular flexibility index (Phi) is 4.42. The van der Waals surface area contributed by atoms with Gasteiger partial charge in [-0.05, 0) is 12.1 Å². The van der Waals surface area contributed by atoms with E-state index in [1.807, 2.05) is 35.2 Å². The van der Waals surface area contributed by atoms with E-state index in [0.717, 1.165) is 45.1 Å². The number of aromatic nitrogens is 2. The monoisotopic (exact) mass is 341 g/mol.